The van der Waals surface area contributed by atoms with Gasteiger partial charge in [-0.2, -0.15) is 0 Å². The van der Waals surface area contributed by atoms with E-state index in [0.29, 0.717) is 31.3 Å². The predicted molar refractivity (Wildman–Crippen MR) is 85.0 cm³/mol. The fraction of sp³-hybridized carbons (Fsp3) is 0.429. The molecular weight excluding hydrogens is 300 g/mol. The molecule has 0 radical (unpaired) electrons. The summed E-state index contributed by atoms with van der Waals surface area (Å²) in [7, 11) is 0. The van der Waals surface area contributed by atoms with E-state index in [-0.39, 0.29) is 5.91 Å². The monoisotopic (exact) mass is 318 g/mol. The first-order valence-corrected chi connectivity index (χ1v) is 8.11. The van der Waals surface area contributed by atoms with Crippen LogP contribution in [-0.4, -0.2) is 58.5 Å². The Balaban J connectivity index is 1.59. The highest BCUT2D eigenvalue weighted by Crippen LogP contribution is 2.15. The molecule has 116 valence electrons. The molecule has 2 aromatic rings. The molecular formula is C14H18N6OS. The van der Waals surface area contributed by atoms with Gasteiger partial charge in [0, 0.05) is 50.4 Å². The zero-order valence-electron chi connectivity index (χ0n) is 12.2. The summed E-state index contributed by atoms with van der Waals surface area (Å²) in [5.74, 6) is 0.710. The van der Waals surface area contributed by atoms with Crippen molar-refractivity contribution in [3.63, 3.8) is 0 Å². The van der Waals surface area contributed by atoms with Gasteiger partial charge < -0.3 is 15.5 Å². The van der Waals surface area contributed by atoms with Gasteiger partial charge >= 0.3 is 0 Å². The molecule has 0 saturated carbocycles. The highest BCUT2D eigenvalue weighted by Gasteiger charge is 2.24. The SMILES string of the molecule is NCCc1nc(C(=O)N2CCN(c3ncccn3)CC2)cs1. The third kappa shape index (κ3) is 3.23. The lowest BCUT2D eigenvalue weighted by atomic mass is 10.3. The largest absolute Gasteiger partial charge is 0.337 e. The number of amides is 1. The molecule has 22 heavy (non-hydrogen) atoms. The van der Waals surface area contributed by atoms with E-state index >= 15 is 0 Å². The Bertz CT molecular complexity index is 623. The van der Waals surface area contributed by atoms with Crippen molar-refractivity contribution in [2.75, 3.05) is 37.6 Å². The topological polar surface area (TPSA) is 88.2 Å². The van der Waals surface area contributed by atoms with E-state index in [1.54, 1.807) is 18.5 Å². The van der Waals surface area contributed by atoms with Crippen LogP contribution in [0.25, 0.3) is 0 Å². The molecule has 0 bridgehead atoms. The van der Waals surface area contributed by atoms with Gasteiger partial charge in [-0.1, -0.05) is 0 Å². The minimum atomic E-state index is -0.00634. The van der Waals surface area contributed by atoms with Crippen LogP contribution in [0.4, 0.5) is 5.95 Å². The molecule has 0 aliphatic carbocycles. The second-order valence-corrected chi connectivity index (χ2v) is 5.94. The summed E-state index contributed by atoms with van der Waals surface area (Å²) in [6.07, 6.45) is 4.18. The van der Waals surface area contributed by atoms with Gasteiger partial charge in [0.15, 0.2) is 0 Å². The average molecular weight is 318 g/mol. The number of anilines is 1. The van der Waals surface area contributed by atoms with Crippen LogP contribution >= 0.6 is 11.3 Å². The quantitative estimate of drug-likeness (QED) is 0.878. The van der Waals surface area contributed by atoms with Crippen molar-refractivity contribution in [1.82, 2.24) is 19.9 Å². The van der Waals surface area contributed by atoms with Crippen molar-refractivity contribution in [3.8, 4) is 0 Å². The van der Waals surface area contributed by atoms with Gasteiger partial charge in [-0.15, -0.1) is 11.3 Å². The number of rotatable bonds is 4. The highest BCUT2D eigenvalue weighted by molar-refractivity contribution is 7.09. The van der Waals surface area contributed by atoms with Crippen molar-refractivity contribution < 1.29 is 4.79 Å². The lowest BCUT2D eigenvalue weighted by molar-refractivity contribution is 0.0741. The molecule has 1 fully saturated rings. The summed E-state index contributed by atoms with van der Waals surface area (Å²) in [4.78, 5) is 29.2. The van der Waals surface area contributed by atoms with E-state index in [1.807, 2.05) is 10.3 Å². The maximum Gasteiger partial charge on any atom is 0.273 e. The van der Waals surface area contributed by atoms with Crippen LogP contribution in [0.2, 0.25) is 0 Å². The molecule has 2 N–H and O–H groups in total. The minimum absolute atomic E-state index is 0.00634. The van der Waals surface area contributed by atoms with Gasteiger partial charge in [0.2, 0.25) is 5.95 Å². The number of hydrogen-bond donors (Lipinski definition) is 1. The normalized spacial score (nSPS) is 15.1. The molecule has 1 saturated heterocycles. The second kappa shape index (κ2) is 6.80. The summed E-state index contributed by atoms with van der Waals surface area (Å²) >= 11 is 1.49. The number of carbonyl (C=O) groups is 1. The zero-order valence-corrected chi connectivity index (χ0v) is 13.0. The molecule has 3 rings (SSSR count). The molecule has 0 aromatic carbocycles. The average Bonchev–Trinajstić information content (AvgIpc) is 3.04. The number of nitrogens with zero attached hydrogens (tertiary/aromatic N) is 5. The maximum atomic E-state index is 12.4. The van der Waals surface area contributed by atoms with E-state index in [9.17, 15) is 4.79 Å². The molecule has 1 amide bonds. The van der Waals surface area contributed by atoms with Crippen LogP contribution in [0.5, 0.6) is 0 Å². The van der Waals surface area contributed by atoms with Crippen molar-refractivity contribution >= 4 is 23.2 Å². The predicted octanol–water partition coefficient (Wildman–Crippen LogP) is 0.397. The van der Waals surface area contributed by atoms with Gasteiger partial charge in [0.05, 0.1) is 5.01 Å². The Hall–Kier alpha value is -2.06. The Labute approximate surface area is 132 Å². The van der Waals surface area contributed by atoms with Crippen molar-refractivity contribution in [2.24, 2.45) is 5.73 Å². The smallest absolute Gasteiger partial charge is 0.273 e. The number of piperazine rings is 1. The zero-order chi connectivity index (χ0) is 15.4. The van der Waals surface area contributed by atoms with Crippen LogP contribution in [0.3, 0.4) is 0 Å². The summed E-state index contributed by atoms with van der Waals surface area (Å²) in [6.45, 7) is 3.32. The van der Waals surface area contributed by atoms with Crippen LogP contribution in [0, 0.1) is 0 Å². The molecule has 7 nitrogen and oxygen atoms in total. The molecule has 0 spiro atoms. The number of hydrogen-bond acceptors (Lipinski definition) is 7. The van der Waals surface area contributed by atoms with E-state index in [4.69, 9.17) is 5.73 Å². The Morgan fingerprint density at radius 1 is 1.23 bits per heavy atom. The van der Waals surface area contributed by atoms with Gasteiger partial charge in [-0.3, -0.25) is 4.79 Å². The van der Waals surface area contributed by atoms with Crippen molar-refractivity contribution in [2.45, 2.75) is 6.42 Å². The number of nitrogens with two attached hydrogens (primary N) is 1. The summed E-state index contributed by atoms with van der Waals surface area (Å²) in [6, 6.07) is 1.80. The molecule has 1 aliphatic heterocycles. The second-order valence-electron chi connectivity index (χ2n) is 4.99. The summed E-state index contributed by atoms with van der Waals surface area (Å²) in [5, 5.41) is 2.74. The highest BCUT2D eigenvalue weighted by atomic mass is 32.1. The summed E-state index contributed by atoms with van der Waals surface area (Å²) < 4.78 is 0. The van der Waals surface area contributed by atoms with E-state index in [2.05, 4.69) is 19.9 Å². The molecule has 0 atom stereocenters. The Kier molecular flexibility index (Phi) is 4.59. The van der Waals surface area contributed by atoms with Gasteiger partial charge in [-0.05, 0) is 12.6 Å². The van der Waals surface area contributed by atoms with Crippen LogP contribution in [0.15, 0.2) is 23.8 Å². The van der Waals surface area contributed by atoms with Gasteiger partial charge in [0.25, 0.3) is 5.91 Å². The lowest BCUT2D eigenvalue weighted by Crippen LogP contribution is -2.49. The molecule has 0 unspecified atom stereocenters. The molecule has 1 aliphatic rings. The van der Waals surface area contributed by atoms with E-state index < -0.39 is 0 Å². The number of thiazole rings is 1. The Morgan fingerprint density at radius 3 is 2.64 bits per heavy atom. The van der Waals surface area contributed by atoms with Gasteiger partial charge in [0.1, 0.15) is 5.69 Å². The third-order valence-electron chi connectivity index (χ3n) is 3.53. The number of carbonyl (C=O) groups excluding carboxylic acids is 1. The van der Waals surface area contributed by atoms with Crippen LogP contribution in [-0.2, 0) is 6.42 Å². The first kappa shape index (κ1) is 14.9. The Morgan fingerprint density at radius 2 is 1.95 bits per heavy atom. The molecule has 2 aromatic heterocycles. The summed E-state index contributed by atoms with van der Waals surface area (Å²) in [5.41, 5.74) is 6.04. The fourth-order valence-corrected chi connectivity index (χ4v) is 3.16. The van der Waals surface area contributed by atoms with Crippen molar-refractivity contribution in [1.29, 1.82) is 0 Å². The van der Waals surface area contributed by atoms with E-state index in [0.717, 1.165) is 24.5 Å². The first-order valence-electron chi connectivity index (χ1n) is 7.23. The lowest BCUT2D eigenvalue weighted by Gasteiger charge is -2.34. The maximum absolute atomic E-state index is 12.4. The third-order valence-corrected chi connectivity index (χ3v) is 4.44. The first-order chi connectivity index (χ1) is 10.8. The fourth-order valence-electron chi connectivity index (χ4n) is 2.37. The van der Waals surface area contributed by atoms with Gasteiger partial charge in [-0.25, -0.2) is 15.0 Å². The molecule has 8 heteroatoms. The van der Waals surface area contributed by atoms with Crippen LogP contribution < -0.4 is 10.6 Å². The van der Waals surface area contributed by atoms with E-state index in [1.165, 1.54) is 11.3 Å². The van der Waals surface area contributed by atoms with Crippen LogP contribution in [0.1, 0.15) is 15.5 Å². The standard InChI is InChI=1S/C14H18N6OS/c15-3-2-12-18-11(10-22-12)13(21)19-6-8-20(9-7-19)14-16-4-1-5-17-14/h1,4-5,10H,2-3,6-9,15H2. The number of aromatic nitrogens is 3. The molecule has 3 heterocycles. The van der Waals surface area contributed by atoms with Crippen molar-refractivity contribution in [3.05, 3.63) is 34.5 Å². The minimum Gasteiger partial charge on any atom is -0.337 e.